The first-order valence-electron chi connectivity index (χ1n) is 8.01. The van der Waals surface area contributed by atoms with Gasteiger partial charge in [-0.05, 0) is 49.4 Å². The van der Waals surface area contributed by atoms with Crippen molar-refractivity contribution in [2.24, 2.45) is 0 Å². The average Bonchev–Trinajstić information content (AvgIpc) is 2.41. The Hall–Kier alpha value is -1.35. The molecular weight excluding hydrogens is 260 g/mol. The summed E-state index contributed by atoms with van der Waals surface area (Å²) in [6.07, 6.45) is 3.69. The lowest BCUT2D eigenvalue weighted by Crippen LogP contribution is -2.42. The largest absolute Gasteiger partial charge is 0.325 e. The van der Waals surface area contributed by atoms with Gasteiger partial charge in [-0.3, -0.25) is 9.69 Å². The number of piperidine rings is 1. The maximum atomic E-state index is 12.2. The Morgan fingerprint density at radius 1 is 1.24 bits per heavy atom. The molecule has 1 amide bonds. The molecule has 1 saturated heterocycles. The van der Waals surface area contributed by atoms with Gasteiger partial charge in [0.15, 0.2) is 0 Å². The number of hydrogen-bond acceptors (Lipinski definition) is 2. The van der Waals surface area contributed by atoms with Gasteiger partial charge < -0.3 is 5.32 Å². The van der Waals surface area contributed by atoms with Crippen molar-refractivity contribution in [1.82, 2.24) is 4.90 Å². The Labute approximate surface area is 128 Å². The highest BCUT2D eigenvalue weighted by molar-refractivity contribution is 5.92. The van der Waals surface area contributed by atoms with Crippen LogP contribution in [0.1, 0.15) is 52.5 Å². The zero-order valence-electron chi connectivity index (χ0n) is 13.8. The Bertz CT molecular complexity index is 473. The van der Waals surface area contributed by atoms with Crippen LogP contribution in [0.5, 0.6) is 0 Å². The summed E-state index contributed by atoms with van der Waals surface area (Å²) in [6, 6.07) is 8.71. The second-order valence-corrected chi connectivity index (χ2v) is 7.19. The van der Waals surface area contributed by atoms with Crippen molar-refractivity contribution in [2.45, 2.75) is 58.4 Å². The van der Waals surface area contributed by atoms with Crippen molar-refractivity contribution in [1.29, 1.82) is 0 Å². The molecule has 3 heteroatoms. The fraction of sp³-hybridized carbons (Fsp3) is 0.611. The molecule has 0 spiro atoms. The van der Waals surface area contributed by atoms with Crippen molar-refractivity contribution in [3.8, 4) is 0 Å². The zero-order valence-corrected chi connectivity index (χ0v) is 13.8. The lowest BCUT2D eigenvalue weighted by atomic mass is 9.87. The number of likely N-dealkylation sites (tertiary alicyclic amines) is 1. The third kappa shape index (κ3) is 4.57. The van der Waals surface area contributed by atoms with Crippen molar-refractivity contribution in [2.75, 3.05) is 18.4 Å². The Morgan fingerprint density at radius 2 is 1.90 bits per heavy atom. The average molecular weight is 288 g/mol. The van der Waals surface area contributed by atoms with Gasteiger partial charge in [0, 0.05) is 11.7 Å². The first-order chi connectivity index (χ1) is 9.86. The van der Waals surface area contributed by atoms with Crippen LogP contribution >= 0.6 is 0 Å². The fourth-order valence-electron chi connectivity index (χ4n) is 2.83. The molecule has 1 aromatic carbocycles. The molecular formula is C18H28N2O. The topological polar surface area (TPSA) is 32.3 Å². The number of nitrogens with zero attached hydrogens (tertiary/aromatic N) is 1. The van der Waals surface area contributed by atoms with Gasteiger partial charge >= 0.3 is 0 Å². The van der Waals surface area contributed by atoms with E-state index in [1.54, 1.807) is 0 Å². The summed E-state index contributed by atoms with van der Waals surface area (Å²) in [5.41, 5.74) is 2.31. The van der Waals surface area contributed by atoms with Crippen molar-refractivity contribution >= 4 is 11.6 Å². The smallest absolute Gasteiger partial charge is 0.238 e. The molecule has 0 aliphatic carbocycles. The van der Waals surface area contributed by atoms with Crippen LogP contribution in [0.2, 0.25) is 0 Å². The summed E-state index contributed by atoms with van der Waals surface area (Å²) in [5, 5.41) is 3.01. The van der Waals surface area contributed by atoms with E-state index in [-0.39, 0.29) is 11.3 Å². The molecule has 2 rings (SSSR count). The van der Waals surface area contributed by atoms with E-state index in [9.17, 15) is 4.79 Å². The molecule has 0 bridgehead atoms. The molecule has 0 radical (unpaired) electrons. The second-order valence-electron chi connectivity index (χ2n) is 7.19. The summed E-state index contributed by atoms with van der Waals surface area (Å²) in [6.45, 7) is 10.3. The molecule has 3 nitrogen and oxygen atoms in total. The van der Waals surface area contributed by atoms with Gasteiger partial charge in [0.2, 0.25) is 5.91 Å². The van der Waals surface area contributed by atoms with Crippen LogP contribution in [-0.2, 0) is 10.2 Å². The predicted molar refractivity (Wildman–Crippen MR) is 88.7 cm³/mol. The first kappa shape index (κ1) is 16.0. The highest BCUT2D eigenvalue weighted by Crippen LogP contribution is 2.23. The van der Waals surface area contributed by atoms with Gasteiger partial charge in [-0.25, -0.2) is 0 Å². The lowest BCUT2D eigenvalue weighted by molar-refractivity contribution is -0.118. The summed E-state index contributed by atoms with van der Waals surface area (Å²) in [5.74, 6) is 0.0901. The molecule has 116 valence electrons. The molecule has 1 atom stereocenters. The van der Waals surface area contributed by atoms with E-state index in [2.05, 4.69) is 50.0 Å². The minimum Gasteiger partial charge on any atom is -0.325 e. The number of benzene rings is 1. The van der Waals surface area contributed by atoms with Crippen LogP contribution in [0.4, 0.5) is 5.69 Å². The van der Waals surface area contributed by atoms with Gasteiger partial charge in [-0.1, -0.05) is 39.3 Å². The maximum Gasteiger partial charge on any atom is 0.238 e. The summed E-state index contributed by atoms with van der Waals surface area (Å²) in [4.78, 5) is 14.4. The monoisotopic (exact) mass is 288 g/mol. The normalized spacial score (nSPS) is 20.3. The van der Waals surface area contributed by atoms with Crippen LogP contribution in [0.3, 0.4) is 0 Å². The van der Waals surface area contributed by atoms with E-state index in [1.807, 2.05) is 12.1 Å². The number of anilines is 1. The van der Waals surface area contributed by atoms with Gasteiger partial charge in [0.05, 0.1) is 6.54 Å². The number of amides is 1. The number of nitrogens with one attached hydrogen (secondary N) is 1. The minimum atomic E-state index is 0.0901. The molecule has 1 fully saturated rings. The van der Waals surface area contributed by atoms with E-state index in [0.29, 0.717) is 12.6 Å². The Morgan fingerprint density at radius 3 is 2.48 bits per heavy atom. The molecule has 1 aliphatic heterocycles. The SMILES string of the molecule is CC1CCCCN1CC(=O)Nc1ccc(C(C)(C)C)cc1. The lowest BCUT2D eigenvalue weighted by Gasteiger charge is -2.32. The number of rotatable bonds is 3. The molecule has 0 saturated carbocycles. The van der Waals surface area contributed by atoms with Crippen LogP contribution < -0.4 is 5.32 Å². The van der Waals surface area contributed by atoms with Crippen molar-refractivity contribution in [3.05, 3.63) is 29.8 Å². The highest BCUT2D eigenvalue weighted by Gasteiger charge is 2.20. The molecule has 1 aromatic rings. The first-order valence-corrected chi connectivity index (χ1v) is 8.01. The maximum absolute atomic E-state index is 12.2. The summed E-state index contributed by atoms with van der Waals surface area (Å²) < 4.78 is 0. The Kier molecular flexibility index (Phi) is 5.04. The van der Waals surface area contributed by atoms with Crippen LogP contribution in [0, 0.1) is 0 Å². The third-order valence-corrected chi connectivity index (χ3v) is 4.32. The van der Waals surface area contributed by atoms with Crippen molar-refractivity contribution in [3.63, 3.8) is 0 Å². The van der Waals surface area contributed by atoms with E-state index in [4.69, 9.17) is 0 Å². The van der Waals surface area contributed by atoms with E-state index in [1.165, 1.54) is 24.8 Å². The highest BCUT2D eigenvalue weighted by atomic mass is 16.2. The fourth-order valence-corrected chi connectivity index (χ4v) is 2.83. The predicted octanol–water partition coefficient (Wildman–Crippen LogP) is 3.80. The van der Waals surface area contributed by atoms with Gasteiger partial charge in [0.1, 0.15) is 0 Å². The third-order valence-electron chi connectivity index (χ3n) is 4.32. The standard InChI is InChI=1S/C18H28N2O/c1-14-7-5-6-12-20(14)13-17(21)19-16-10-8-15(9-11-16)18(2,3)4/h8-11,14H,5-7,12-13H2,1-4H3,(H,19,21). The quantitative estimate of drug-likeness (QED) is 0.917. The Balaban J connectivity index is 1.90. The molecule has 0 aromatic heterocycles. The second kappa shape index (κ2) is 6.61. The zero-order chi connectivity index (χ0) is 15.5. The number of hydrogen-bond donors (Lipinski definition) is 1. The van der Waals surface area contributed by atoms with Gasteiger partial charge in [-0.2, -0.15) is 0 Å². The van der Waals surface area contributed by atoms with Crippen LogP contribution in [0.25, 0.3) is 0 Å². The number of carbonyl (C=O) groups excluding carboxylic acids is 1. The van der Waals surface area contributed by atoms with E-state index >= 15 is 0 Å². The van der Waals surface area contributed by atoms with E-state index < -0.39 is 0 Å². The molecule has 21 heavy (non-hydrogen) atoms. The molecule has 1 aliphatic rings. The summed E-state index contributed by atoms with van der Waals surface area (Å²) >= 11 is 0. The molecule has 1 unspecified atom stereocenters. The van der Waals surface area contributed by atoms with Crippen molar-refractivity contribution < 1.29 is 4.79 Å². The van der Waals surface area contributed by atoms with Crippen LogP contribution in [-0.4, -0.2) is 29.9 Å². The van der Waals surface area contributed by atoms with Gasteiger partial charge in [0.25, 0.3) is 0 Å². The molecule has 1 heterocycles. The van der Waals surface area contributed by atoms with Crippen LogP contribution in [0.15, 0.2) is 24.3 Å². The van der Waals surface area contributed by atoms with Gasteiger partial charge in [-0.15, -0.1) is 0 Å². The number of carbonyl (C=O) groups is 1. The van der Waals surface area contributed by atoms with E-state index in [0.717, 1.165) is 12.2 Å². The molecule has 1 N–H and O–H groups in total. The minimum absolute atomic E-state index is 0.0901. The summed E-state index contributed by atoms with van der Waals surface area (Å²) in [7, 11) is 0.